The Morgan fingerprint density at radius 1 is 1.25 bits per heavy atom. The molecule has 0 saturated carbocycles. The quantitative estimate of drug-likeness (QED) is 0.647. The normalized spacial score (nSPS) is 13.7. The number of carbonyl (C=O) groups excluding carboxylic acids is 1. The van der Waals surface area contributed by atoms with E-state index < -0.39 is 18.8 Å². The maximum atomic E-state index is 11.9. The van der Waals surface area contributed by atoms with Crippen molar-refractivity contribution < 1.29 is 27.4 Å². The lowest BCUT2D eigenvalue weighted by molar-refractivity contribution is -0.154. The predicted molar refractivity (Wildman–Crippen MR) is 118 cm³/mol. The Bertz CT molecular complexity index is 842. The van der Waals surface area contributed by atoms with E-state index in [1.807, 2.05) is 6.07 Å². The predicted octanol–water partition coefficient (Wildman–Crippen LogP) is 5.40. The van der Waals surface area contributed by atoms with Crippen molar-refractivity contribution in [3.8, 4) is 11.6 Å². The SMILES string of the molecule is CC1(C)CCc2ccccc2O1.CCC.NC(=O)NCc1ccnc(OCC(F)(F)F)c1. The fourth-order valence-electron chi connectivity index (χ4n) is 2.58. The van der Waals surface area contributed by atoms with Crippen LogP contribution in [0.2, 0.25) is 0 Å². The number of urea groups is 1. The maximum absolute atomic E-state index is 11.9. The number of rotatable bonds is 4. The molecule has 0 spiro atoms. The molecule has 1 aliphatic rings. The van der Waals surface area contributed by atoms with Gasteiger partial charge >= 0.3 is 12.2 Å². The lowest BCUT2D eigenvalue weighted by Gasteiger charge is -2.32. The highest BCUT2D eigenvalue weighted by Crippen LogP contribution is 2.32. The van der Waals surface area contributed by atoms with E-state index in [9.17, 15) is 18.0 Å². The van der Waals surface area contributed by atoms with Crippen LogP contribution in [0.25, 0.3) is 0 Å². The zero-order valence-electron chi connectivity index (χ0n) is 19.0. The van der Waals surface area contributed by atoms with Crippen molar-refractivity contribution in [2.45, 2.75) is 65.3 Å². The fraction of sp³-hybridized carbons (Fsp3) is 0.478. The summed E-state index contributed by atoms with van der Waals surface area (Å²) in [5.74, 6) is 0.903. The number of ether oxygens (including phenoxy) is 2. The molecule has 1 aliphatic heterocycles. The molecule has 0 bridgehead atoms. The van der Waals surface area contributed by atoms with E-state index in [1.54, 1.807) is 0 Å². The van der Waals surface area contributed by atoms with E-state index in [0.29, 0.717) is 5.56 Å². The molecule has 3 rings (SSSR count). The number of nitrogens with zero attached hydrogens (tertiary/aromatic N) is 1. The van der Waals surface area contributed by atoms with Crippen LogP contribution in [0.3, 0.4) is 0 Å². The van der Waals surface area contributed by atoms with Gasteiger partial charge in [0.1, 0.15) is 11.4 Å². The summed E-state index contributed by atoms with van der Waals surface area (Å²) in [7, 11) is 0. The molecule has 9 heteroatoms. The van der Waals surface area contributed by atoms with Crippen LogP contribution in [0.5, 0.6) is 11.6 Å². The number of halogens is 3. The van der Waals surface area contributed by atoms with Gasteiger partial charge in [-0.05, 0) is 49.9 Å². The number of primary amides is 1. The number of nitrogens with two attached hydrogens (primary N) is 1. The molecule has 2 heterocycles. The third-order valence-electron chi connectivity index (χ3n) is 4.00. The van der Waals surface area contributed by atoms with Crippen LogP contribution in [0, 0.1) is 0 Å². The number of carbonyl (C=O) groups is 1. The van der Waals surface area contributed by atoms with Crippen molar-refractivity contribution in [2.24, 2.45) is 5.73 Å². The average molecular weight is 456 g/mol. The first-order valence-electron chi connectivity index (χ1n) is 10.4. The van der Waals surface area contributed by atoms with E-state index >= 15 is 0 Å². The van der Waals surface area contributed by atoms with Gasteiger partial charge in [0.05, 0.1) is 0 Å². The van der Waals surface area contributed by atoms with Crippen molar-refractivity contribution in [3.05, 3.63) is 53.7 Å². The summed E-state index contributed by atoms with van der Waals surface area (Å²) in [6, 6.07) is 10.4. The lowest BCUT2D eigenvalue weighted by Crippen LogP contribution is -2.32. The highest BCUT2D eigenvalue weighted by atomic mass is 19.4. The lowest BCUT2D eigenvalue weighted by atomic mass is 9.94. The van der Waals surface area contributed by atoms with E-state index in [-0.39, 0.29) is 18.0 Å². The number of fused-ring (bicyclic) bond motifs is 1. The fourth-order valence-corrected chi connectivity index (χ4v) is 2.58. The van der Waals surface area contributed by atoms with Crippen molar-refractivity contribution in [1.29, 1.82) is 0 Å². The maximum Gasteiger partial charge on any atom is 0.422 e. The van der Waals surface area contributed by atoms with Crippen molar-refractivity contribution in [3.63, 3.8) is 0 Å². The summed E-state index contributed by atoms with van der Waals surface area (Å²) in [6.45, 7) is 7.22. The van der Waals surface area contributed by atoms with Crippen molar-refractivity contribution in [1.82, 2.24) is 10.3 Å². The zero-order valence-corrected chi connectivity index (χ0v) is 19.0. The summed E-state index contributed by atoms with van der Waals surface area (Å²) < 4.78 is 45.9. The minimum Gasteiger partial charge on any atom is -0.488 e. The van der Waals surface area contributed by atoms with E-state index in [4.69, 9.17) is 10.5 Å². The molecule has 2 aromatic rings. The first kappa shape index (κ1) is 27.1. The Balaban J connectivity index is 0.000000296. The zero-order chi connectivity index (χ0) is 24.2. The number of nitrogens with one attached hydrogen (secondary N) is 1. The van der Waals surface area contributed by atoms with Gasteiger partial charge in [0.25, 0.3) is 0 Å². The average Bonchev–Trinajstić information content (AvgIpc) is 2.71. The van der Waals surface area contributed by atoms with E-state index in [0.717, 1.165) is 18.6 Å². The molecule has 178 valence electrons. The Morgan fingerprint density at radius 2 is 1.91 bits per heavy atom. The van der Waals surface area contributed by atoms with Gasteiger partial charge in [-0.25, -0.2) is 9.78 Å². The molecule has 1 aromatic heterocycles. The van der Waals surface area contributed by atoms with E-state index in [1.165, 1.54) is 30.3 Å². The van der Waals surface area contributed by atoms with Crippen LogP contribution >= 0.6 is 0 Å². The number of aryl methyl sites for hydroxylation is 1. The van der Waals surface area contributed by atoms with Crippen LogP contribution < -0.4 is 20.5 Å². The Labute approximate surface area is 187 Å². The first-order valence-corrected chi connectivity index (χ1v) is 10.4. The largest absolute Gasteiger partial charge is 0.488 e. The molecule has 0 atom stereocenters. The second kappa shape index (κ2) is 12.8. The molecule has 0 radical (unpaired) electrons. The summed E-state index contributed by atoms with van der Waals surface area (Å²) in [4.78, 5) is 14.0. The number of pyridine rings is 1. The van der Waals surface area contributed by atoms with Gasteiger partial charge < -0.3 is 20.5 Å². The number of aromatic nitrogens is 1. The summed E-state index contributed by atoms with van der Waals surface area (Å²) in [6.07, 6.45) is 0.375. The number of hydrogen-bond donors (Lipinski definition) is 2. The highest BCUT2D eigenvalue weighted by molar-refractivity contribution is 5.71. The number of alkyl halides is 3. The topological polar surface area (TPSA) is 86.5 Å². The number of hydrogen-bond acceptors (Lipinski definition) is 4. The van der Waals surface area contributed by atoms with Crippen LogP contribution in [0.4, 0.5) is 18.0 Å². The second-order valence-corrected chi connectivity index (χ2v) is 7.80. The minimum absolute atomic E-state index is 0.0222. The minimum atomic E-state index is -4.41. The second-order valence-electron chi connectivity index (χ2n) is 7.80. The van der Waals surface area contributed by atoms with Crippen molar-refractivity contribution >= 4 is 6.03 Å². The van der Waals surface area contributed by atoms with Crippen molar-refractivity contribution in [2.75, 3.05) is 6.61 Å². The first-order chi connectivity index (χ1) is 15.0. The highest BCUT2D eigenvalue weighted by Gasteiger charge is 2.28. The van der Waals surface area contributed by atoms with Gasteiger partial charge in [0, 0.05) is 18.8 Å². The van der Waals surface area contributed by atoms with Crippen LogP contribution in [-0.2, 0) is 13.0 Å². The molecular formula is C23H32F3N3O3. The molecule has 6 nitrogen and oxygen atoms in total. The molecule has 32 heavy (non-hydrogen) atoms. The third-order valence-corrected chi connectivity index (χ3v) is 4.00. The number of amides is 2. The summed E-state index contributed by atoms with van der Waals surface area (Å²) in [5.41, 5.74) is 6.75. The third kappa shape index (κ3) is 11.4. The molecule has 0 unspecified atom stereocenters. The van der Waals surface area contributed by atoms with Gasteiger partial charge in [-0.1, -0.05) is 38.5 Å². The van der Waals surface area contributed by atoms with Gasteiger partial charge in [0.15, 0.2) is 6.61 Å². The Hall–Kier alpha value is -2.97. The van der Waals surface area contributed by atoms with Gasteiger partial charge in [-0.15, -0.1) is 0 Å². The Kier molecular flexibility index (Phi) is 10.8. The molecule has 3 N–H and O–H groups in total. The molecule has 0 saturated heterocycles. The molecule has 0 fully saturated rings. The standard InChI is InChI=1S/C11H14O.C9H10F3N3O2.C3H8/c1-11(2)8-7-9-5-3-4-6-10(9)12-11;10-9(11,12)5-17-7-3-6(1-2-14-7)4-15-8(13)16;1-3-2/h3-6H,7-8H2,1-2H3;1-3H,4-5H2,(H3,13,15,16);3H2,1-2H3. The number of para-hydroxylation sites is 1. The van der Waals surface area contributed by atoms with Gasteiger partial charge in [-0.2, -0.15) is 13.2 Å². The molecule has 1 aromatic carbocycles. The number of benzene rings is 1. The molecule has 0 aliphatic carbocycles. The summed E-state index contributed by atoms with van der Waals surface area (Å²) >= 11 is 0. The van der Waals surface area contributed by atoms with Gasteiger partial charge in [0.2, 0.25) is 5.88 Å². The van der Waals surface area contributed by atoms with Crippen LogP contribution in [0.15, 0.2) is 42.6 Å². The van der Waals surface area contributed by atoms with Gasteiger partial charge in [-0.3, -0.25) is 0 Å². The summed E-state index contributed by atoms with van der Waals surface area (Å²) in [5, 5.41) is 2.29. The van der Waals surface area contributed by atoms with E-state index in [2.05, 4.69) is 60.9 Å². The van der Waals surface area contributed by atoms with Crippen LogP contribution in [0.1, 0.15) is 51.7 Å². The Morgan fingerprint density at radius 3 is 2.53 bits per heavy atom. The molecular weight excluding hydrogens is 423 g/mol. The monoisotopic (exact) mass is 455 g/mol. The smallest absolute Gasteiger partial charge is 0.422 e. The molecule has 2 amide bonds. The van der Waals surface area contributed by atoms with Crippen LogP contribution in [-0.4, -0.2) is 29.4 Å².